The van der Waals surface area contributed by atoms with Gasteiger partial charge in [0.1, 0.15) is 6.54 Å². The van der Waals surface area contributed by atoms with Crippen molar-refractivity contribution in [3.05, 3.63) is 58.1 Å². The number of anilines is 2. The number of nitrogens with one attached hydrogen (secondary N) is 2. The van der Waals surface area contributed by atoms with E-state index in [4.69, 9.17) is 23.2 Å². The Balaban J connectivity index is 2.05. The van der Waals surface area contributed by atoms with E-state index in [0.29, 0.717) is 15.7 Å². The fourth-order valence-corrected chi connectivity index (χ4v) is 3.11. The van der Waals surface area contributed by atoms with Crippen LogP contribution in [-0.4, -0.2) is 32.6 Å². The van der Waals surface area contributed by atoms with Crippen LogP contribution in [0.5, 0.6) is 0 Å². The van der Waals surface area contributed by atoms with Crippen LogP contribution < -0.4 is 15.1 Å². The quantitative estimate of drug-likeness (QED) is 0.753. The van der Waals surface area contributed by atoms with Gasteiger partial charge in [-0.15, -0.1) is 0 Å². The lowest BCUT2D eigenvalue weighted by Gasteiger charge is -2.24. The summed E-state index contributed by atoms with van der Waals surface area (Å²) in [5.41, 5.74) is 2.91. The molecule has 0 radical (unpaired) electrons. The second-order valence-electron chi connectivity index (χ2n) is 6.58. The fourth-order valence-electron chi connectivity index (χ4n) is 2.78. The molecule has 4 nitrogen and oxygen atoms in total. The molecule has 2 aromatic carbocycles. The molecule has 2 N–H and O–H groups in total. The molecule has 140 valence electrons. The van der Waals surface area contributed by atoms with Crippen LogP contribution in [0.1, 0.15) is 19.4 Å². The highest BCUT2D eigenvalue weighted by Gasteiger charge is 2.24. The number of amides is 1. The molecule has 0 bridgehead atoms. The molecular formula is C20H26Cl2N3O+. The zero-order valence-electron chi connectivity index (χ0n) is 15.6. The molecule has 0 aliphatic rings. The lowest BCUT2D eigenvalue weighted by molar-refractivity contribution is -0.925. The zero-order valence-corrected chi connectivity index (χ0v) is 17.2. The molecule has 0 saturated heterocycles. The molecule has 6 heteroatoms. The first-order valence-electron chi connectivity index (χ1n) is 8.68. The molecule has 0 aromatic heterocycles. The van der Waals surface area contributed by atoms with E-state index in [1.165, 1.54) is 10.5 Å². The Morgan fingerprint density at radius 1 is 1.15 bits per heavy atom. The van der Waals surface area contributed by atoms with Crippen molar-refractivity contribution in [2.75, 3.05) is 30.9 Å². The van der Waals surface area contributed by atoms with Crippen LogP contribution in [0, 0.1) is 0 Å². The van der Waals surface area contributed by atoms with Gasteiger partial charge in [-0.25, -0.2) is 0 Å². The Kier molecular flexibility index (Phi) is 7.33. The SMILES string of the molecule is CC[NH+](Cc1ccc(N(C)C)cc1)[C@H](C)C(=O)Nc1cc(Cl)ccc1Cl. The van der Waals surface area contributed by atoms with Crippen molar-refractivity contribution < 1.29 is 9.69 Å². The van der Waals surface area contributed by atoms with E-state index in [2.05, 4.69) is 41.4 Å². The standard InChI is InChI=1S/C20H25Cl2N3O/c1-5-25(13-15-6-9-17(10-7-15)24(3)4)14(2)20(26)23-19-12-16(21)8-11-18(19)22/h6-12,14H,5,13H2,1-4H3,(H,23,26)/p+1/t14-/m1/s1. The third kappa shape index (κ3) is 5.37. The van der Waals surface area contributed by atoms with Crippen LogP contribution in [-0.2, 0) is 11.3 Å². The Labute approximate surface area is 165 Å². The predicted molar refractivity (Wildman–Crippen MR) is 111 cm³/mol. The van der Waals surface area contributed by atoms with E-state index in [1.54, 1.807) is 18.2 Å². The van der Waals surface area contributed by atoms with Gasteiger partial charge in [0.05, 0.1) is 17.3 Å². The number of hydrogen-bond acceptors (Lipinski definition) is 2. The number of halogens is 2. The highest BCUT2D eigenvalue weighted by atomic mass is 35.5. The normalized spacial score (nSPS) is 13.2. The Hall–Kier alpha value is -1.75. The topological polar surface area (TPSA) is 36.8 Å². The average molecular weight is 395 g/mol. The van der Waals surface area contributed by atoms with E-state index >= 15 is 0 Å². The van der Waals surface area contributed by atoms with Crippen molar-refractivity contribution in [3.63, 3.8) is 0 Å². The Morgan fingerprint density at radius 3 is 2.38 bits per heavy atom. The largest absolute Gasteiger partial charge is 0.378 e. The molecule has 0 saturated carbocycles. The first kappa shape index (κ1) is 20.6. The lowest BCUT2D eigenvalue weighted by Crippen LogP contribution is -3.15. The van der Waals surface area contributed by atoms with Crippen LogP contribution in [0.25, 0.3) is 0 Å². The first-order valence-corrected chi connectivity index (χ1v) is 9.44. The number of benzene rings is 2. The molecule has 0 aliphatic carbocycles. The van der Waals surface area contributed by atoms with E-state index in [9.17, 15) is 4.79 Å². The fraction of sp³-hybridized carbons (Fsp3) is 0.350. The van der Waals surface area contributed by atoms with Crippen LogP contribution in [0.4, 0.5) is 11.4 Å². The van der Waals surface area contributed by atoms with Crippen molar-refractivity contribution in [3.8, 4) is 0 Å². The maximum absolute atomic E-state index is 12.7. The second kappa shape index (κ2) is 9.26. The molecule has 2 aromatic rings. The van der Waals surface area contributed by atoms with Crippen molar-refractivity contribution in [2.45, 2.75) is 26.4 Å². The number of carbonyl (C=O) groups excluding carboxylic acids is 1. The summed E-state index contributed by atoms with van der Waals surface area (Å²) >= 11 is 12.1. The molecule has 0 aliphatic heterocycles. The molecule has 1 amide bonds. The van der Waals surface area contributed by atoms with Gasteiger partial charge in [0.2, 0.25) is 0 Å². The van der Waals surface area contributed by atoms with E-state index in [1.807, 2.05) is 21.0 Å². The summed E-state index contributed by atoms with van der Waals surface area (Å²) in [4.78, 5) is 15.9. The summed E-state index contributed by atoms with van der Waals surface area (Å²) < 4.78 is 0. The molecule has 26 heavy (non-hydrogen) atoms. The second-order valence-corrected chi connectivity index (χ2v) is 7.43. The summed E-state index contributed by atoms with van der Waals surface area (Å²) in [6, 6.07) is 13.2. The van der Waals surface area contributed by atoms with Gasteiger partial charge in [-0.1, -0.05) is 35.3 Å². The Morgan fingerprint density at radius 2 is 1.81 bits per heavy atom. The average Bonchev–Trinajstić information content (AvgIpc) is 2.62. The van der Waals surface area contributed by atoms with E-state index in [0.717, 1.165) is 18.8 Å². The first-order chi connectivity index (χ1) is 12.3. The van der Waals surface area contributed by atoms with E-state index in [-0.39, 0.29) is 11.9 Å². The summed E-state index contributed by atoms with van der Waals surface area (Å²) in [7, 11) is 4.04. The number of likely N-dealkylation sites (N-methyl/N-ethyl adjacent to an activating group) is 1. The predicted octanol–water partition coefficient (Wildman–Crippen LogP) is 3.49. The minimum absolute atomic E-state index is 0.0732. The minimum Gasteiger partial charge on any atom is -0.378 e. The van der Waals surface area contributed by atoms with E-state index < -0.39 is 0 Å². The molecule has 2 atom stereocenters. The maximum Gasteiger partial charge on any atom is 0.282 e. The summed E-state index contributed by atoms with van der Waals surface area (Å²) in [6.07, 6.45) is 0. The van der Waals surface area contributed by atoms with Crippen molar-refractivity contribution >= 4 is 40.5 Å². The summed E-state index contributed by atoms with van der Waals surface area (Å²) in [6.45, 7) is 5.63. The van der Waals surface area contributed by atoms with Gasteiger partial charge in [-0.3, -0.25) is 4.79 Å². The third-order valence-corrected chi connectivity index (χ3v) is 5.09. The van der Waals surface area contributed by atoms with Crippen LogP contribution >= 0.6 is 23.2 Å². The van der Waals surface area contributed by atoms with Crippen molar-refractivity contribution in [2.24, 2.45) is 0 Å². The lowest BCUT2D eigenvalue weighted by atomic mass is 10.1. The maximum atomic E-state index is 12.7. The monoisotopic (exact) mass is 394 g/mol. The molecule has 2 rings (SSSR count). The highest BCUT2D eigenvalue weighted by molar-refractivity contribution is 6.35. The van der Waals surface area contributed by atoms with Gasteiger partial charge in [-0.2, -0.15) is 0 Å². The van der Waals surface area contributed by atoms with Gasteiger partial charge >= 0.3 is 0 Å². The van der Waals surface area contributed by atoms with Crippen molar-refractivity contribution in [1.82, 2.24) is 0 Å². The van der Waals surface area contributed by atoms with Crippen LogP contribution in [0.3, 0.4) is 0 Å². The minimum atomic E-state index is -0.219. The molecular weight excluding hydrogens is 369 g/mol. The van der Waals surface area contributed by atoms with Crippen LogP contribution in [0.2, 0.25) is 10.0 Å². The molecule has 0 fully saturated rings. The van der Waals surface area contributed by atoms with Gasteiger partial charge < -0.3 is 15.1 Å². The number of carbonyl (C=O) groups is 1. The summed E-state index contributed by atoms with van der Waals surface area (Å²) in [5, 5.41) is 3.91. The number of rotatable bonds is 7. The number of hydrogen-bond donors (Lipinski definition) is 2. The number of nitrogens with zero attached hydrogens (tertiary/aromatic N) is 1. The van der Waals surface area contributed by atoms with Gasteiger partial charge in [0.15, 0.2) is 6.04 Å². The Bertz CT molecular complexity index is 747. The summed E-state index contributed by atoms with van der Waals surface area (Å²) in [5.74, 6) is -0.0732. The van der Waals surface area contributed by atoms with Gasteiger partial charge in [0.25, 0.3) is 5.91 Å². The van der Waals surface area contributed by atoms with Crippen LogP contribution in [0.15, 0.2) is 42.5 Å². The number of quaternary nitrogens is 1. The molecule has 0 heterocycles. The van der Waals surface area contributed by atoms with Gasteiger partial charge in [0, 0.05) is 30.4 Å². The zero-order chi connectivity index (χ0) is 19.3. The van der Waals surface area contributed by atoms with Crippen molar-refractivity contribution in [1.29, 1.82) is 0 Å². The highest BCUT2D eigenvalue weighted by Crippen LogP contribution is 2.25. The molecule has 1 unspecified atom stereocenters. The smallest absolute Gasteiger partial charge is 0.282 e. The third-order valence-electron chi connectivity index (χ3n) is 4.53. The molecule has 0 spiro atoms. The van der Waals surface area contributed by atoms with Gasteiger partial charge in [-0.05, 0) is 44.2 Å².